The molecule has 0 saturated carbocycles. The molecule has 2 aromatic carbocycles. The lowest BCUT2D eigenvalue weighted by atomic mass is 10.2. The standard InChI is InChI=1S/C16H16ClN3O/c1-12-5-4-7-14(9-12)18-11-16(21)20-19-10-13-6-2-3-8-15(13)17/h2-10,18H,11H2,1H3,(H,20,21)/b19-10-. The maximum atomic E-state index is 11.7. The highest BCUT2D eigenvalue weighted by Crippen LogP contribution is 2.12. The van der Waals surface area contributed by atoms with Gasteiger partial charge in [0.15, 0.2) is 0 Å². The van der Waals surface area contributed by atoms with Gasteiger partial charge in [-0.25, -0.2) is 5.43 Å². The third kappa shape index (κ3) is 4.93. The van der Waals surface area contributed by atoms with E-state index >= 15 is 0 Å². The molecule has 2 N–H and O–H groups in total. The molecule has 1 amide bonds. The largest absolute Gasteiger partial charge is 0.376 e. The van der Waals surface area contributed by atoms with Crippen molar-refractivity contribution < 1.29 is 4.79 Å². The highest BCUT2D eigenvalue weighted by Gasteiger charge is 2.00. The zero-order valence-electron chi connectivity index (χ0n) is 11.6. The first-order valence-electron chi connectivity index (χ1n) is 6.52. The van der Waals surface area contributed by atoms with Gasteiger partial charge in [0.25, 0.3) is 5.91 Å². The van der Waals surface area contributed by atoms with E-state index in [2.05, 4.69) is 15.8 Å². The van der Waals surface area contributed by atoms with E-state index in [4.69, 9.17) is 11.6 Å². The number of halogens is 1. The van der Waals surface area contributed by atoms with E-state index < -0.39 is 0 Å². The summed E-state index contributed by atoms with van der Waals surface area (Å²) in [7, 11) is 0. The molecule has 0 unspecified atom stereocenters. The second-order valence-electron chi connectivity index (χ2n) is 4.54. The molecule has 0 spiro atoms. The lowest BCUT2D eigenvalue weighted by Gasteiger charge is -2.05. The highest BCUT2D eigenvalue weighted by molar-refractivity contribution is 6.33. The molecular formula is C16H16ClN3O. The molecule has 0 atom stereocenters. The SMILES string of the molecule is Cc1cccc(NCC(=O)N/N=C\c2ccccc2Cl)c1. The third-order valence-corrected chi connectivity index (χ3v) is 3.11. The molecule has 5 heteroatoms. The van der Waals surface area contributed by atoms with E-state index in [0.717, 1.165) is 16.8 Å². The van der Waals surface area contributed by atoms with E-state index in [0.29, 0.717) is 5.02 Å². The summed E-state index contributed by atoms with van der Waals surface area (Å²) >= 11 is 5.98. The van der Waals surface area contributed by atoms with Gasteiger partial charge in [-0.2, -0.15) is 5.10 Å². The number of hydrazone groups is 1. The van der Waals surface area contributed by atoms with Gasteiger partial charge >= 0.3 is 0 Å². The molecule has 4 nitrogen and oxygen atoms in total. The Morgan fingerprint density at radius 2 is 2.05 bits per heavy atom. The van der Waals surface area contributed by atoms with Crippen molar-refractivity contribution in [3.63, 3.8) is 0 Å². The summed E-state index contributed by atoms with van der Waals surface area (Å²) in [5, 5.41) is 7.51. The predicted molar refractivity (Wildman–Crippen MR) is 86.9 cm³/mol. The van der Waals surface area contributed by atoms with Gasteiger partial charge in [-0.1, -0.05) is 41.9 Å². The lowest BCUT2D eigenvalue weighted by Crippen LogP contribution is -2.25. The van der Waals surface area contributed by atoms with Crippen LogP contribution in [0.1, 0.15) is 11.1 Å². The molecule has 0 radical (unpaired) electrons. The molecule has 0 fully saturated rings. The number of carbonyl (C=O) groups is 1. The Morgan fingerprint density at radius 3 is 2.81 bits per heavy atom. The maximum Gasteiger partial charge on any atom is 0.259 e. The van der Waals surface area contributed by atoms with E-state index in [1.807, 2.05) is 49.4 Å². The third-order valence-electron chi connectivity index (χ3n) is 2.77. The van der Waals surface area contributed by atoms with Crippen LogP contribution in [-0.4, -0.2) is 18.7 Å². The molecule has 21 heavy (non-hydrogen) atoms. The van der Waals surface area contributed by atoms with Crippen molar-refractivity contribution in [2.75, 3.05) is 11.9 Å². The van der Waals surface area contributed by atoms with E-state index in [1.165, 1.54) is 6.21 Å². The zero-order chi connectivity index (χ0) is 15.1. The Morgan fingerprint density at radius 1 is 1.24 bits per heavy atom. The number of rotatable bonds is 5. The molecule has 0 aliphatic carbocycles. The second kappa shape index (κ2) is 7.45. The number of anilines is 1. The van der Waals surface area contributed by atoms with E-state index in [1.54, 1.807) is 6.07 Å². The maximum absolute atomic E-state index is 11.7. The van der Waals surface area contributed by atoms with Crippen LogP contribution in [-0.2, 0) is 4.79 Å². The van der Waals surface area contributed by atoms with Crippen LogP contribution >= 0.6 is 11.6 Å². The first-order chi connectivity index (χ1) is 10.1. The fourth-order valence-electron chi connectivity index (χ4n) is 1.73. The number of hydrogen-bond donors (Lipinski definition) is 2. The van der Waals surface area contributed by atoms with Crippen LogP contribution < -0.4 is 10.7 Å². The molecule has 0 aliphatic rings. The molecule has 108 valence electrons. The van der Waals surface area contributed by atoms with Crippen LogP contribution in [0.3, 0.4) is 0 Å². The van der Waals surface area contributed by atoms with Gasteiger partial charge in [0.05, 0.1) is 12.8 Å². The summed E-state index contributed by atoms with van der Waals surface area (Å²) in [6.07, 6.45) is 1.52. The van der Waals surface area contributed by atoms with Crippen LogP contribution in [0.4, 0.5) is 5.69 Å². The topological polar surface area (TPSA) is 53.5 Å². The number of nitrogens with zero attached hydrogens (tertiary/aromatic N) is 1. The summed E-state index contributed by atoms with van der Waals surface area (Å²) in [4.78, 5) is 11.7. The Hall–Kier alpha value is -2.33. The molecule has 0 aromatic heterocycles. The summed E-state index contributed by atoms with van der Waals surface area (Å²) < 4.78 is 0. The molecule has 0 saturated heterocycles. The number of nitrogens with one attached hydrogen (secondary N) is 2. The first-order valence-corrected chi connectivity index (χ1v) is 6.90. The van der Waals surface area contributed by atoms with Gasteiger partial charge < -0.3 is 5.32 Å². The second-order valence-corrected chi connectivity index (χ2v) is 4.94. The minimum Gasteiger partial charge on any atom is -0.376 e. The van der Waals surface area contributed by atoms with Gasteiger partial charge in [-0.3, -0.25) is 4.79 Å². The molecule has 0 aliphatic heterocycles. The minimum atomic E-state index is -0.222. The summed E-state index contributed by atoms with van der Waals surface area (Å²) in [6, 6.07) is 15.1. The molecule has 2 aromatic rings. The van der Waals surface area contributed by atoms with E-state index in [9.17, 15) is 4.79 Å². The van der Waals surface area contributed by atoms with E-state index in [-0.39, 0.29) is 12.5 Å². The van der Waals surface area contributed by atoms with Crippen LogP contribution in [0.15, 0.2) is 53.6 Å². The first kappa shape index (κ1) is 15.1. The number of amides is 1. The quantitative estimate of drug-likeness (QED) is 0.658. The monoisotopic (exact) mass is 301 g/mol. The van der Waals surface area contributed by atoms with Gasteiger partial charge in [0.2, 0.25) is 0 Å². The number of aryl methyl sites for hydroxylation is 1. The van der Waals surface area contributed by atoms with Crippen molar-refractivity contribution in [2.24, 2.45) is 5.10 Å². The molecular weight excluding hydrogens is 286 g/mol. The number of hydrogen-bond acceptors (Lipinski definition) is 3. The van der Waals surface area contributed by atoms with Gasteiger partial charge in [0.1, 0.15) is 0 Å². The average Bonchev–Trinajstić information content (AvgIpc) is 2.47. The Balaban J connectivity index is 1.81. The van der Waals surface area contributed by atoms with Crippen LogP contribution in [0.25, 0.3) is 0 Å². The Kier molecular flexibility index (Phi) is 5.35. The summed E-state index contributed by atoms with van der Waals surface area (Å²) in [5.41, 5.74) is 5.25. The molecule has 0 heterocycles. The van der Waals surface area contributed by atoms with Crippen molar-refractivity contribution in [3.05, 3.63) is 64.7 Å². The molecule has 0 bridgehead atoms. The average molecular weight is 302 g/mol. The number of carbonyl (C=O) groups excluding carboxylic acids is 1. The van der Waals surface area contributed by atoms with Crippen molar-refractivity contribution in [2.45, 2.75) is 6.92 Å². The normalized spacial score (nSPS) is 10.6. The van der Waals surface area contributed by atoms with Crippen molar-refractivity contribution in [1.82, 2.24) is 5.43 Å². The zero-order valence-corrected chi connectivity index (χ0v) is 12.4. The van der Waals surface area contributed by atoms with Crippen LogP contribution in [0.5, 0.6) is 0 Å². The Bertz CT molecular complexity index is 655. The molecule has 2 rings (SSSR count). The van der Waals surface area contributed by atoms with Crippen LogP contribution in [0.2, 0.25) is 5.02 Å². The minimum absolute atomic E-state index is 0.156. The van der Waals surface area contributed by atoms with Crippen molar-refractivity contribution >= 4 is 29.4 Å². The smallest absolute Gasteiger partial charge is 0.259 e. The summed E-state index contributed by atoms with van der Waals surface area (Å²) in [6.45, 7) is 2.16. The van der Waals surface area contributed by atoms with Crippen LogP contribution in [0, 0.1) is 6.92 Å². The Labute approximate surface area is 128 Å². The van der Waals surface area contributed by atoms with Gasteiger partial charge in [0, 0.05) is 16.3 Å². The fraction of sp³-hybridized carbons (Fsp3) is 0.125. The lowest BCUT2D eigenvalue weighted by molar-refractivity contribution is -0.119. The predicted octanol–water partition coefficient (Wildman–Crippen LogP) is 3.21. The highest BCUT2D eigenvalue weighted by atomic mass is 35.5. The fourth-order valence-corrected chi connectivity index (χ4v) is 1.92. The van der Waals surface area contributed by atoms with Crippen molar-refractivity contribution in [1.29, 1.82) is 0 Å². The van der Waals surface area contributed by atoms with Crippen molar-refractivity contribution in [3.8, 4) is 0 Å². The van der Waals surface area contributed by atoms with Gasteiger partial charge in [-0.05, 0) is 30.7 Å². The summed E-state index contributed by atoms with van der Waals surface area (Å²) in [5.74, 6) is -0.222. The number of benzene rings is 2. The van der Waals surface area contributed by atoms with Gasteiger partial charge in [-0.15, -0.1) is 0 Å².